The zero-order valence-electron chi connectivity index (χ0n) is 9.94. The smallest absolute Gasteiger partial charge is 0.337 e. The van der Waals surface area contributed by atoms with Crippen LogP contribution >= 0.6 is 11.8 Å². The molecule has 0 unspecified atom stereocenters. The van der Waals surface area contributed by atoms with Crippen LogP contribution < -0.4 is 5.32 Å². The Kier molecular flexibility index (Phi) is 4.45. The van der Waals surface area contributed by atoms with Crippen LogP contribution in [0.3, 0.4) is 0 Å². The maximum Gasteiger partial charge on any atom is 0.337 e. The number of hydrogen-bond donors (Lipinski definition) is 1. The van der Waals surface area contributed by atoms with Gasteiger partial charge < -0.3 is 10.1 Å². The van der Waals surface area contributed by atoms with Gasteiger partial charge in [-0.1, -0.05) is 12.1 Å². The Labute approximate surface area is 106 Å². The summed E-state index contributed by atoms with van der Waals surface area (Å²) >= 11 is 1.95. The third-order valence-electron chi connectivity index (χ3n) is 2.86. The van der Waals surface area contributed by atoms with Crippen molar-refractivity contribution in [2.75, 3.05) is 26.0 Å². The van der Waals surface area contributed by atoms with Crippen LogP contribution in [0.5, 0.6) is 0 Å². The molecule has 0 atom stereocenters. The molecule has 0 aliphatic carbocycles. The molecular weight excluding hydrogens is 234 g/mol. The number of nitrogens with one attached hydrogen (secondary N) is 1. The Hall–Kier alpha value is -1.00. The van der Waals surface area contributed by atoms with Crippen LogP contribution in [-0.2, 0) is 10.5 Å². The predicted octanol–water partition coefficient (Wildman–Crippen LogP) is 1.93. The van der Waals surface area contributed by atoms with Crippen molar-refractivity contribution in [1.82, 2.24) is 5.32 Å². The van der Waals surface area contributed by atoms with E-state index in [2.05, 4.69) is 10.1 Å². The number of carbonyl (C=O) groups excluding carboxylic acids is 1. The van der Waals surface area contributed by atoms with Crippen molar-refractivity contribution in [2.45, 2.75) is 5.75 Å². The highest BCUT2D eigenvalue weighted by molar-refractivity contribution is 7.98. The van der Waals surface area contributed by atoms with Crippen molar-refractivity contribution >= 4 is 17.7 Å². The number of rotatable bonds is 5. The van der Waals surface area contributed by atoms with Crippen molar-refractivity contribution in [2.24, 2.45) is 5.92 Å². The lowest BCUT2D eigenvalue weighted by molar-refractivity contribution is 0.0601. The number of carbonyl (C=O) groups is 1. The van der Waals surface area contributed by atoms with E-state index < -0.39 is 0 Å². The summed E-state index contributed by atoms with van der Waals surface area (Å²) in [6.07, 6.45) is 0. The third kappa shape index (κ3) is 3.48. The zero-order valence-corrected chi connectivity index (χ0v) is 10.8. The Bertz CT molecular complexity index is 374. The number of esters is 1. The van der Waals surface area contributed by atoms with Gasteiger partial charge in [0, 0.05) is 5.75 Å². The molecule has 92 valence electrons. The Balaban J connectivity index is 1.78. The van der Waals surface area contributed by atoms with E-state index in [4.69, 9.17) is 0 Å². The van der Waals surface area contributed by atoms with E-state index in [-0.39, 0.29) is 5.97 Å². The third-order valence-corrected chi connectivity index (χ3v) is 4.11. The molecule has 0 spiro atoms. The number of methoxy groups -OCH3 is 1. The molecule has 1 aliphatic heterocycles. The van der Waals surface area contributed by atoms with Gasteiger partial charge in [0.05, 0.1) is 12.7 Å². The fourth-order valence-electron chi connectivity index (χ4n) is 1.66. The molecule has 1 aromatic carbocycles. The standard InChI is InChI=1S/C13H17NO2S/c1-16-13(15)12-4-2-10(3-5-12)8-17-9-11-6-14-7-11/h2-5,11,14H,6-9H2,1H3. The predicted molar refractivity (Wildman–Crippen MR) is 70.3 cm³/mol. The molecule has 2 rings (SSSR count). The van der Waals surface area contributed by atoms with Crippen LogP contribution in [0.15, 0.2) is 24.3 Å². The van der Waals surface area contributed by atoms with Gasteiger partial charge in [0.2, 0.25) is 0 Å². The lowest BCUT2D eigenvalue weighted by Crippen LogP contribution is -2.43. The molecule has 1 heterocycles. The Morgan fingerprint density at radius 2 is 2.12 bits per heavy atom. The van der Waals surface area contributed by atoms with Crippen molar-refractivity contribution in [3.63, 3.8) is 0 Å². The van der Waals surface area contributed by atoms with Crippen LogP contribution in [0.2, 0.25) is 0 Å². The summed E-state index contributed by atoms with van der Waals surface area (Å²) in [4.78, 5) is 11.2. The first-order chi connectivity index (χ1) is 8.29. The second-order valence-corrected chi connectivity index (χ2v) is 5.26. The highest BCUT2D eigenvalue weighted by Crippen LogP contribution is 2.18. The van der Waals surface area contributed by atoms with Crippen molar-refractivity contribution < 1.29 is 9.53 Å². The summed E-state index contributed by atoms with van der Waals surface area (Å²) in [5, 5.41) is 3.27. The molecule has 4 heteroatoms. The largest absolute Gasteiger partial charge is 0.465 e. The molecular formula is C13H17NO2S. The number of benzene rings is 1. The van der Waals surface area contributed by atoms with E-state index in [9.17, 15) is 4.79 Å². The van der Waals surface area contributed by atoms with Crippen molar-refractivity contribution in [3.05, 3.63) is 35.4 Å². The minimum atomic E-state index is -0.273. The van der Waals surface area contributed by atoms with Gasteiger partial charge in [0.25, 0.3) is 0 Å². The maximum absolute atomic E-state index is 11.2. The van der Waals surface area contributed by atoms with E-state index in [0.717, 1.165) is 24.8 Å². The van der Waals surface area contributed by atoms with Gasteiger partial charge in [-0.2, -0.15) is 11.8 Å². The fourth-order valence-corrected chi connectivity index (χ4v) is 2.78. The van der Waals surface area contributed by atoms with Gasteiger partial charge in [-0.15, -0.1) is 0 Å². The van der Waals surface area contributed by atoms with Gasteiger partial charge in [-0.3, -0.25) is 0 Å². The molecule has 0 amide bonds. The summed E-state index contributed by atoms with van der Waals surface area (Å²) in [7, 11) is 1.40. The molecule has 1 N–H and O–H groups in total. The number of thioether (sulfide) groups is 1. The first kappa shape index (κ1) is 12.5. The summed E-state index contributed by atoms with van der Waals surface area (Å²) in [6.45, 7) is 2.32. The average molecular weight is 251 g/mol. The zero-order chi connectivity index (χ0) is 12.1. The molecule has 1 aliphatic rings. The maximum atomic E-state index is 11.2. The van der Waals surface area contributed by atoms with E-state index in [0.29, 0.717) is 5.56 Å². The summed E-state index contributed by atoms with van der Waals surface area (Å²) in [5.74, 6) is 2.79. The highest BCUT2D eigenvalue weighted by Gasteiger charge is 2.15. The molecule has 0 saturated carbocycles. The van der Waals surface area contributed by atoms with Crippen LogP contribution in [0, 0.1) is 5.92 Å². The molecule has 3 nitrogen and oxygen atoms in total. The Morgan fingerprint density at radius 1 is 1.41 bits per heavy atom. The van der Waals surface area contributed by atoms with Crippen LogP contribution in [0.4, 0.5) is 0 Å². The van der Waals surface area contributed by atoms with Gasteiger partial charge >= 0.3 is 5.97 Å². The average Bonchev–Trinajstić information content (AvgIpc) is 2.32. The van der Waals surface area contributed by atoms with E-state index in [1.165, 1.54) is 18.4 Å². The topological polar surface area (TPSA) is 38.3 Å². The van der Waals surface area contributed by atoms with Gasteiger partial charge in [0.1, 0.15) is 0 Å². The van der Waals surface area contributed by atoms with Crippen LogP contribution in [0.25, 0.3) is 0 Å². The first-order valence-corrected chi connectivity index (χ1v) is 6.91. The van der Waals surface area contributed by atoms with Gasteiger partial charge in [-0.25, -0.2) is 4.79 Å². The Morgan fingerprint density at radius 3 is 2.65 bits per heavy atom. The molecule has 0 radical (unpaired) electrons. The molecule has 17 heavy (non-hydrogen) atoms. The first-order valence-electron chi connectivity index (χ1n) is 5.75. The second-order valence-electron chi connectivity index (χ2n) is 4.23. The molecule has 0 aromatic heterocycles. The number of ether oxygens (including phenoxy) is 1. The lowest BCUT2D eigenvalue weighted by atomic mass is 10.1. The van der Waals surface area contributed by atoms with E-state index in [1.807, 2.05) is 36.0 Å². The molecule has 1 aromatic rings. The molecule has 0 bridgehead atoms. The summed E-state index contributed by atoms with van der Waals surface area (Å²) in [6, 6.07) is 7.65. The fraction of sp³-hybridized carbons (Fsp3) is 0.462. The highest BCUT2D eigenvalue weighted by atomic mass is 32.2. The SMILES string of the molecule is COC(=O)c1ccc(CSCC2CNC2)cc1. The van der Waals surface area contributed by atoms with Crippen LogP contribution in [0.1, 0.15) is 15.9 Å². The monoisotopic (exact) mass is 251 g/mol. The van der Waals surface area contributed by atoms with Crippen molar-refractivity contribution in [1.29, 1.82) is 0 Å². The quantitative estimate of drug-likeness (QED) is 0.812. The number of hydrogen-bond acceptors (Lipinski definition) is 4. The minimum absolute atomic E-state index is 0.273. The summed E-state index contributed by atoms with van der Waals surface area (Å²) < 4.78 is 4.66. The normalized spacial score (nSPS) is 15.4. The van der Waals surface area contributed by atoms with E-state index in [1.54, 1.807) is 0 Å². The lowest BCUT2D eigenvalue weighted by Gasteiger charge is -2.26. The van der Waals surface area contributed by atoms with Gasteiger partial charge in [-0.05, 0) is 42.5 Å². The van der Waals surface area contributed by atoms with E-state index >= 15 is 0 Å². The van der Waals surface area contributed by atoms with Crippen molar-refractivity contribution in [3.8, 4) is 0 Å². The molecule has 1 fully saturated rings. The second kappa shape index (κ2) is 6.07. The molecule has 1 saturated heterocycles. The van der Waals surface area contributed by atoms with Crippen LogP contribution in [-0.4, -0.2) is 31.9 Å². The minimum Gasteiger partial charge on any atom is -0.465 e. The van der Waals surface area contributed by atoms with Gasteiger partial charge in [0.15, 0.2) is 0 Å². The summed E-state index contributed by atoms with van der Waals surface area (Å²) in [5.41, 5.74) is 1.87.